The summed E-state index contributed by atoms with van der Waals surface area (Å²) >= 11 is 0. The zero-order chi connectivity index (χ0) is 12.2. The Balaban J connectivity index is 2.61. The molecule has 0 aliphatic rings. The maximum Gasteiger partial charge on any atom is 0.109 e. The highest BCUT2D eigenvalue weighted by atomic mass is 15.0. The van der Waals surface area contributed by atoms with Gasteiger partial charge in [-0.05, 0) is 18.4 Å². The predicted molar refractivity (Wildman–Crippen MR) is 68.4 cm³/mol. The van der Waals surface area contributed by atoms with Gasteiger partial charge >= 0.3 is 0 Å². The molecule has 1 unspecified atom stereocenters. The summed E-state index contributed by atoms with van der Waals surface area (Å²) in [6.07, 6.45) is 6.06. The number of nitrogens with one attached hydrogen (secondary N) is 1. The molecule has 0 saturated heterocycles. The van der Waals surface area contributed by atoms with Crippen molar-refractivity contribution in [1.82, 2.24) is 14.9 Å². The fourth-order valence-electron chi connectivity index (χ4n) is 2.06. The zero-order valence-electron chi connectivity index (χ0n) is 11.2. The highest BCUT2D eigenvalue weighted by Gasteiger charge is 2.19. The van der Waals surface area contributed by atoms with E-state index in [-0.39, 0.29) is 0 Å². The number of rotatable bonds is 5. The number of hydrogen-bond donors (Lipinski definition) is 1. The lowest BCUT2D eigenvalue weighted by Crippen LogP contribution is -2.35. The van der Waals surface area contributed by atoms with Gasteiger partial charge in [0.15, 0.2) is 0 Å². The van der Waals surface area contributed by atoms with Gasteiger partial charge in [0.2, 0.25) is 0 Å². The Kier molecular flexibility index (Phi) is 4.54. The molecule has 16 heavy (non-hydrogen) atoms. The first-order valence-electron chi connectivity index (χ1n) is 6.12. The summed E-state index contributed by atoms with van der Waals surface area (Å²) in [5.41, 5.74) is 0.359. The standard InChI is InChI=1S/C13H25N3/c1-6-14-11(10-13(2,3)4)9-12-15-7-8-16(12)5/h7-8,11,14H,6,9-10H2,1-5H3. The zero-order valence-corrected chi connectivity index (χ0v) is 11.2. The Morgan fingerprint density at radius 1 is 1.44 bits per heavy atom. The number of aromatic nitrogens is 2. The molecule has 0 saturated carbocycles. The van der Waals surface area contributed by atoms with Crippen LogP contribution >= 0.6 is 0 Å². The smallest absolute Gasteiger partial charge is 0.109 e. The monoisotopic (exact) mass is 223 g/mol. The van der Waals surface area contributed by atoms with Gasteiger partial charge in [0.1, 0.15) is 5.82 Å². The summed E-state index contributed by atoms with van der Waals surface area (Å²) < 4.78 is 2.10. The molecule has 0 spiro atoms. The Morgan fingerprint density at radius 2 is 2.12 bits per heavy atom. The second-order valence-electron chi connectivity index (χ2n) is 5.68. The van der Waals surface area contributed by atoms with Crippen LogP contribution in [0.25, 0.3) is 0 Å². The molecule has 0 fully saturated rings. The molecule has 0 bridgehead atoms. The summed E-state index contributed by atoms with van der Waals surface area (Å²) in [5.74, 6) is 1.16. The van der Waals surface area contributed by atoms with E-state index in [0.717, 1.165) is 18.8 Å². The number of hydrogen-bond acceptors (Lipinski definition) is 2. The van der Waals surface area contributed by atoms with Crippen molar-refractivity contribution in [3.05, 3.63) is 18.2 Å². The van der Waals surface area contributed by atoms with Crippen LogP contribution in [0.15, 0.2) is 12.4 Å². The molecule has 0 radical (unpaired) electrons. The third-order valence-electron chi connectivity index (χ3n) is 2.70. The van der Waals surface area contributed by atoms with E-state index >= 15 is 0 Å². The predicted octanol–water partition coefficient (Wildman–Crippen LogP) is 2.38. The number of likely N-dealkylation sites (N-methyl/N-ethyl adjacent to an activating group) is 1. The van der Waals surface area contributed by atoms with Crippen molar-refractivity contribution < 1.29 is 0 Å². The quantitative estimate of drug-likeness (QED) is 0.830. The summed E-state index contributed by atoms with van der Waals surface area (Å²) in [5, 5.41) is 3.55. The van der Waals surface area contributed by atoms with Crippen LogP contribution in [-0.4, -0.2) is 22.1 Å². The summed E-state index contributed by atoms with van der Waals surface area (Å²) in [4.78, 5) is 4.39. The molecule has 1 aromatic rings. The van der Waals surface area contributed by atoms with Crippen molar-refractivity contribution >= 4 is 0 Å². The minimum absolute atomic E-state index is 0.359. The molecule has 0 aromatic carbocycles. The Labute approximate surface area is 99.3 Å². The van der Waals surface area contributed by atoms with E-state index in [1.54, 1.807) is 0 Å². The van der Waals surface area contributed by atoms with Crippen LogP contribution in [0.1, 0.15) is 39.9 Å². The second kappa shape index (κ2) is 5.48. The maximum atomic E-state index is 4.39. The fraction of sp³-hybridized carbons (Fsp3) is 0.769. The lowest BCUT2D eigenvalue weighted by atomic mass is 9.87. The maximum absolute atomic E-state index is 4.39. The lowest BCUT2D eigenvalue weighted by Gasteiger charge is -2.26. The summed E-state index contributed by atoms with van der Waals surface area (Å²) in [7, 11) is 2.06. The molecule has 0 aliphatic heterocycles. The van der Waals surface area contributed by atoms with Gasteiger partial charge in [0.05, 0.1) is 0 Å². The average molecular weight is 223 g/mol. The van der Waals surface area contributed by atoms with E-state index in [4.69, 9.17) is 0 Å². The van der Waals surface area contributed by atoms with Crippen LogP contribution in [0.3, 0.4) is 0 Å². The van der Waals surface area contributed by atoms with Gasteiger partial charge in [0, 0.05) is 31.9 Å². The van der Waals surface area contributed by atoms with Crippen LogP contribution in [-0.2, 0) is 13.5 Å². The van der Waals surface area contributed by atoms with Gasteiger partial charge in [-0.2, -0.15) is 0 Å². The molecule has 1 N–H and O–H groups in total. The van der Waals surface area contributed by atoms with Crippen LogP contribution in [0.5, 0.6) is 0 Å². The van der Waals surface area contributed by atoms with Crippen LogP contribution < -0.4 is 5.32 Å². The minimum Gasteiger partial charge on any atom is -0.338 e. The van der Waals surface area contributed by atoms with E-state index in [0.29, 0.717) is 11.5 Å². The molecule has 0 amide bonds. The molecule has 1 aromatic heterocycles. The minimum atomic E-state index is 0.359. The van der Waals surface area contributed by atoms with Gasteiger partial charge in [-0.25, -0.2) is 4.98 Å². The van der Waals surface area contributed by atoms with Crippen molar-refractivity contribution in [2.45, 2.75) is 46.6 Å². The second-order valence-corrected chi connectivity index (χ2v) is 5.68. The van der Waals surface area contributed by atoms with Crippen molar-refractivity contribution in [3.8, 4) is 0 Å². The fourth-order valence-corrected chi connectivity index (χ4v) is 2.06. The molecular weight excluding hydrogens is 198 g/mol. The van der Waals surface area contributed by atoms with E-state index in [1.165, 1.54) is 6.42 Å². The van der Waals surface area contributed by atoms with Gasteiger partial charge in [0.25, 0.3) is 0 Å². The summed E-state index contributed by atoms with van der Waals surface area (Å²) in [6.45, 7) is 10.0. The van der Waals surface area contributed by atoms with Crippen LogP contribution in [0.4, 0.5) is 0 Å². The van der Waals surface area contributed by atoms with E-state index < -0.39 is 0 Å². The van der Waals surface area contributed by atoms with Gasteiger partial charge in [-0.3, -0.25) is 0 Å². The highest BCUT2D eigenvalue weighted by molar-refractivity contribution is 4.95. The van der Waals surface area contributed by atoms with Gasteiger partial charge in [-0.15, -0.1) is 0 Å². The average Bonchev–Trinajstić information content (AvgIpc) is 2.49. The molecular formula is C13H25N3. The topological polar surface area (TPSA) is 29.9 Å². The van der Waals surface area contributed by atoms with E-state index in [2.05, 4.69) is 49.6 Å². The Morgan fingerprint density at radius 3 is 2.56 bits per heavy atom. The third-order valence-corrected chi connectivity index (χ3v) is 2.70. The highest BCUT2D eigenvalue weighted by Crippen LogP contribution is 2.22. The van der Waals surface area contributed by atoms with Crippen LogP contribution in [0, 0.1) is 5.41 Å². The molecule has 1 rings (SSSR count). The van der Waals surface area contributed by atoms with E-state index in [1.807, 2.05) is 12.4 Å². The Bertz CT molecular complexity index is 309. The third kappa shape index (κ3) is 4.35. The first kappa shape index (κ1) is 13.2. The molecule has 92 valence electrons. The largest absolute Gasteiger partial charge is 0.338 e. The van der Waals surface area contributed by atoms with Gasteiger partial charge < -0.3 is 9.88 Å². The number of nitrogens with zero attached hydrogens (tertiary/aromatic N) is 2. The van der Waals surface area contributed by atoms with Crippen molar-refractivity contribution in [2.75, 3.05) is 6.54 Å². The molecule has 3 heteroatoms. The first-order valence-corrected chi connectivity index (χ1v) is 6.12. The molecule has 1 atom stereocenters. The number of aryl methyl sites for hydroxylation is 1. The lowest BCUT2D eigenvalue weighted by molar-refractivity contribution is 0.306. The van der Waals surface area contributed by atoms with E-state index in [9.17, 15) is 0 Å². The summed E-state index contributed by atoms with van der Waals surface area (Å²) in [6, 6.07) is 0.520. The first-order chi connectivity index (χ1) is 7.42. The van der Waals surface area contributed by atoms with Crippen molar-refractivity contribution in [3.63, 3.8) is 0 Å². The normalized spacial score (nSPS) is 14.1. The SMILES string of the molecule is CCNC(Cc1nccn1C)CC(C)(C)C. The Hall–Kier alpha value is -0.830. The van der Waals surface area contributed by atoms with Gasteiger partial charge in [-0.1, -0.05) is 27.7 Å². The molecule has 0 aliphatic carbocycles. The molecule has 1 heterocycles. The van der Waals surface area contributed by atoms with Crippen molar-refractivity contribution in [1.29, 1.82) is 0 Å². The molecule has 3 nitrogen and oxygen atoms in total. The number of imidazole rings is 1. The van der Waals surface area contributed by atoms with Crippen LogP contribution in [0.2, 0.25) is 0 Å². The van der Waals surface area contributed by atoms with Crippen molar-refractivity contribution in [2.24, 2.45) is 12.5 Å².